The summed E-state index contributed by atoms with van der Waals surface area (Å²) in [6.45, 7) is 4.09. The number of aromatic nitrogens is 1. The maximum atomic E-state index is 11.8. The molecule has 0 spiro atoms. The largest absolute Gasteiger partial charge is 0.370 e. The summed E-state index contributed by atoms with van der Waals surface area (Å²) in [7, 11) is -3.26. The molecule has 0 atom stereocenters. The lowest BCUT2D eigenvalue weighted by atomic mass is 10.1. The summed E-state index contributed by atoms with van der Waals surface area (Å²) in [6, 6.07) is 3.68. The molecular weight excluding hydrogens is 274 g/mol. The SMILES string of the molecule is CCCCS(=O)(=O)Nc1ccc(N2CCCCC2)cn1. The number of pyridine rings is 1. The molecule has 5 nitrogen and oxygen atoms in total. The Morgan fingerprint density at radius 2 is 2.00 bits per heavy atom. The van der Waals surface area contributed by atoms with Crippen molar-refractivity contribution in [2.45, 2.75) is 39.0 Å². The second-order valence-electron chi connectivity index (χ2n) is 5.22. The van der Waals surface area contributed by atoms with Gasteiger partial charge in [0.25, 0.3) is 0 Å². The van der Waals surface area contributed by atoms with E-state index in [0.717, 1.165) is 25.2 Å². The van der Waals surface area contributed by atoms with E-state index < -0.39 is 10.0 Å². The highest BCUT2D eigenvalue weighted by Gasteiger charge is 2.13. The van der Waals surface area contributed by atoms with E-state index in [0.29, 0.717) is 12.2 Å². The third kappa shape index (κ3) is 4.37. The monoisotopic (exact) mass is 297 g/mol. The van der Waals surface area contributed by atoms with Crippen LogP contribution in [0.4, 0.5) is 11.5 Å². The van der Waals surface area contributed by atoms with E-state index in [1.54, 1.807) is 12.3 Å². The summed E-state index contributed by atoms with van der Waals surface area (Å²) in [6.07, 6.45) is 7.00. The van der Waals surface area contributed by atoms with Crippen LogP contribution in [0.3, 0.4) is 0 Å². The first-order valence-corrected chi connectivity index (χ1v) is 8.97. The molecule has 1 saturated heterocycles. The minimum absolute atomic E-state index is 0.152. The van der Waals surface area contributed by atoms with Gasteiger partial charge in [0.2, 0.25) is 10.0 Å². The molecule has 112 valence electrons. The minimum atomic E-state index is -3.26. The third-order valence-electron chi connectivity index (χ3n) is 3.50. The number of anilines is 2. The summed E-state index contributed by atoms with van der Waals surface area (Å²) < 4.78 is 26.1. The van der Waals surface area contributed by atoms with Gasteiger partial charge in [-0.2, -0.15) is 0 Å². The highest BCUT2D eigenvalue weighted by molar-refractivity contribution is 7.92. The van der Waals surface area contributed by atoms with Crippen molar-refractivity contribution in [2.75, 3.05) is 28.5 Å². The lowest BCUT2D eigenvalue weighted by Crippen LogP contribution is -2.29. The number of piperidine rings is 1. The van der Waals surface area contributed by atoms with Crippen LogP contribution in [0, 0.1) is 0 Å². The average molecular weight is 297 g/mol. The Labute approximate surface area is 121 Å². The van der Waals surface area contributed by atoms with Gasteiger partial charge in [0.1, 0.15) is 5.82 Å². The molecule has 6 heteroatoms. The molecule has 2 heterocycles. The van der Waals surface area contributed by atoms with Crippen molar-refractivity contribution in [3.8, 4) is 0 Å². The van der Waals surface area contributed by atoms with Crippen LogP contribution in [0.25, 0.3) is 0 Å². The molecule has 0 aromatic carbocycles. The van der Waals surface area contributed by atoms with Crippen molar-refractivity contribution in [3.63, 3.8) is 0 Å². The van der Waals surface area contributed by atoms with Crippen LogP contribution in [0.2, 0.25) is 0 Å². The molecule has 1 aliphatic heterocycles. The zero-order valence-electron chi connectivity index (χ0n) is 12.0. The number of sulfonamides is 1. The Hall–Kier alpha value is -1.30. The highest BCUT2D eigenvalue weighted by atomic mass is 32.2. The molecule has 1 aliphatic rings. The van der Waals surface area contributed by atoms with Gasteiger partial charge >= 0.3 is 0 Å². The van der Waals surface area contributed by atoms with Gasteiger partial charge in [-0.1, -0.05) is 13.3 Å². The van der Waals surface area contributed by atoms with E-state index in [1.165, 1.54) is 19.3 Å². The summed E-state index contributed by atoms with van der Waals surface area (Å²) in [5.74, 6) is 0.556. The summed E-state index contributed by atoms with van der Waals surface area (Å²) in [5.41, 5.74) is 1.07. The van der Waals surface area contributed by atoms with Crippen LogP contribution in [0.15, 0.2) is 18.3 Å². The number of hydrogen-bond donors (Lipinski definition) is 1. The van der Waals surface area contributed by atoms with Crippen LogP contribution < -0.4 is 9.62 Å². The van der Waals surface area contributed by atoms with Crippen molar-refractivity contribution in [1.29, 1.82) is 0 Å². The van der Waals surface area contributed by atoms with Gasteiger partial charge in [0, 0.05) is 13.1 Å². The van der Waals surface area contributed by atoms with Gasteiger partial charge in [-0.25, -0.2) is 13.4 Å². The van der Waals surface area contributed by atoms with Crippen molar-refractivity contribution >= 4 is 21.5 Å². The van der Waals surface area contributed by atoms with E-state index in [2.05, 4.69) is 14.6 Å². The minimum Gasteiger partial charge on any atom is -0.370 e. The number of nitrogens with zero attached hydrogens (tertiary/aromatic N) is 2. The van der Waals surface area contributed by atoms with Crippen molar-refractivity contribution in [1.82, 2.24) is 4.98 Å². The number of rotatable bonds is 6. The van der Waals surface area contributed by atoms with Gasteiger partial charge in [-0.15, -0.1) is 0 Å². The second kappa shape index (κ2) is 6.92. The Bertz CT molecular complexity index is 508. The van der Waals surface area contributed by atoms with E-state index in [4.69, 9.17) is 0 Å². The van der Waals surface area contributed by atoms with Gasteiger partial charge in [-0.3, -0.25) is 4.72 Å². The Morgan fingerprint density at radius 1 is 1.25 bits per heavy atom. The molecule has 20 heavy (non-hydrogen) atoms. The highest BCUT2D eigenvalue weighted by Crippen LogP contribution is 2.20. The first kappa shape index (κ1) is 15.1. The van der Waals surface area contributed by atoms with Crippen molar-refractivity contribution in [3.05, 3.63) is 18.3 Å². The fourth-order valence-electron chi connectivity index (χ4n) is 2.33. The standard InChI is InChI=1S/C14H23N3O2S/c1-2-3-11-20(18,19)16-14-8-7-13(12-15-14)17-9-5-4-6-10-17/h7-8,12H,2-6,9-11H2,1H3,(H,15,16). The maximum Gasteiger partial charge on any atom is 0.233 e. The normalized spacial score (nSPS) is 16.1. The fourth-order valence-corrected chi connectivity index (χ4v) is 3.54. The molecule has 0 unspecified atom stereocenters. The molecule has 2 rings (SSSR count). The zero-order valence-corrected chi connectivity index (χ0v) is 12.8. The molecule has 0 bridgehead atoms. The van der Waals surface area contributed by atoms with Crippen molar-refractivity contribution in [2.24, 2.45) is 0 Å². The Kier molecular flexibility index (Phi) is 5.23. The summed E-state index contributed by atoms with van der Waals surface area (Å²) >= 11 is 0. The molecule has 1 fully saturated rings. The van der Waals surface area contributed by atoms with E-state index in [9.17, 15) is 8.42 Å². The Morgan fingerprint density at radius 3 is 2.60 bits per heavy atom. The Balaban J connectivity index is 1.97. The lowest BCUT2D eigenvalue weighted by molar-refractivity contribution is 0.577. The zero-order chi connectivity index (χ0) is 14.4. The molecule has 0 amide bonds. The van der Waals surface area contributed by atoms with Crippen LogP contribution in [0.1, 0.15) is 39.0 Å². The predicted octanol–water partition coefficient (Wildman–Crippen LogP) is 2.61. The quantitative estimate of drug-likeness (QED) is 0.876. The first-order chi connectivity index (χ1) is 9.61. The van der Waals surface area contributed by atoms with Gasteiger partial charge in [0.15, 0.2) is 0 Å². The molecular formula is C14H23N3O2S. The molecule has 1 N–H and O–H groups in total. The summed E-state index contributed by atoms with van der Waals surface area (Å²) in [5, 5.41) is 0. The number of unbranched alkanes of at least 4 members (excludes halogenated alkanes) is 1. The first-order valence-electron chi connectivity index (χ1n) is 7.32. The van der Waals surface area contributed by atoms with E-state index >= 15 is 0 Å². The smallest absolute Gasteiger partial charge is 0.233 e. The van der Waals surface area contributed by atoms with E-state index in [-0.39, 0.29) is 5.75 Å². The fraction of sp³-hybridized carbons (Fsp3) is 0.643. The van der Waals surface area contributed by atoms with Gasteiger partial charge in [0.05, 0.1) is 17.6 Å². The summed E-state index contributed by atoms with van der Waals surface area (Å²) in [4.78, 5) is 6.51. The van der Waals surface area contributed by atoms with Crippen molar-refractivity contribution < 1.29 is 8.42 Å². The topological polar surface area (TPSA) is 62.3 Å². The third-order valence-corrected chi connectivity index (χ3v) is 4.84. The molecule has 1 aromatic heterocycles. The maximum absolute atomic E-state index is 11.8. The predicted molar refractivity (Wildman–Crippen MR) is 82.6 cm³/mol. The van der Waals surface area contributed by atoms with Crippen LogP contribution >= 0.6 is 0 Å². The molecule has 0 saturated carbocycles. The van der Waals surface area contributed by atoms with E-state index in [1.807, 2.05) is 13.0 Å². The van der Waals surface area contributed by atoms with Crippen LogP contribution in [-0.2, 0) is 10.0 Å². The van der Waals surface area contributed by atoms with Crippen LogP contribution in [-0.4, -0.2) is 32.2 Å². The number of hydrogen-bond acceptors (Lipinski definition) is 4. The second-order valence-corrected chi connectivity index (χ2v) is 7.07. The molecule has 0 radical (unpaired) electrons. The van der Waals surface area contributed by atoms with Crippen LogP contribution in [0.5, 0.6) is 0 Å². The molecule has 1 aromatic rings. The average Bonchev–Trinajstić information content (AvgIpc) is 2.46. The van der Waals surface area contributed by atoms with Gasteiger partial charge < -0.3 is 4.90 Å². The van der Waals surface area contributed by atoms with Gasteiger partial charge in [-0.05, 0) is 37.8 Å². The lowest BCUT2D eigenvalue weighted by Gasteiger charge is -2.28. The molecule has 0 aliphatic carbocycles. The number of nitrogens with one attached hydrogen (secondary N) is 1.